The molecule has 1 fully saturated rings. The van der Waals surface area contributed by atoms with Crippen LogP contribution in [-0.2, 0) is 31.4 Å². The number of rotatable bonds is 1. The number of fused-ring (bicyclic) bond motifs is 4. The fourth-order valence-electron chi connectivity index (χ4n) is 7.46. The summed E-state index contributed by atoms with van der Waals surface area (Å²) in [6, 6.07) is 11.3. The Labute approximate surface area is 265 Å². The van der Waals surface area contributed by atoms with Gasteiger partial charge in [-0.2, -0.15) is 0 Å². The third kappa shape index (κ3) is 5.97. The molecule has 6 rings (SSSR count). The molecule has 10 heteroatoms. The van der Waals surface area contributed by atoms with E-state index in [1.165, 1.54) is 18.1 Å². The van der Waals surface area contributed by atoms with Gasteiger partial charge in [-0.1, -0.05) is 30.7 Å². The first-order valence-corrected chi connectivity index (χ1v) is 17.6. The number of nitrogens with zero attached hydrogens (tertiary/aromatic N) is 1. The summed E-state index contributed by atoms with van der Waals surface area (Å²) in [5.41, 5.74) is 3.23. The van der Waals surface area contributed by atoms with Crippen molar-refractivity contribution in [2.24, 2.45) is 17.8 Å². The molecular weight excluding hydrogens is 600 g/mol. The molecule has 4 aliphatic rings. The van der Waals surface area contributed by atoms with Crippen molar-refractivity contribution >= 4 is 39.2 Å². The van der Waals surface area contributed by atoms with Gasteiger partial charge in [-0.15, -0.1) is 0 Å². The van der Waals surface area contributed by atoms with Crippen molar-refractivity contribution in [1.29, 1.82) is 0 Å². The van der Waals surface area contributed by atoms with E-state index in [0.717, 1.165) is 42.8 Å². The second-order valence-corrected chi connectivity index (χ2v) is 15.7. The van der Waals surface area contributed by atoms with E-state index in [-0.39, 0.29) is 34.7 Å². The van der Waals surface area contributed by atoms with Crippen LogP contribution < -0.4 is 14.4 Å². The first kappa shape index (κ1) is 31.0. The second-order valence-electron chi connectivity index (χ2n) is 13.2. The number of sulfonamides is 1. The number of nitrogens with one attached hydrogen (secondary N) is 1. The number of benzene rings is 2. The smallest absolute Gasteiger partial charge is 0.303 e. The summed E-state index contributed by atoms with van der Waals surface area (Å²) in [6.07, 6.45) is 8.77. The number of hydrogen-bond acceptors (Lipinski definition) is 7. The molecule has 2 bridgehead atoms. The molecule has 2 aromatic rings. The van der Waals surface area contributed by atoms with Crippen LogP contribution >= 0.6 is 11.6 Å². The number of carbonyl (C=O) groups excluding carboxylic acids is 2. The van der Waals surface area contributed by atoms with E-state index in [1.807, 2.05) is 25.1 Å². The van der Waals surface area contributed by atoms with E-state index in [0.29, 0.717) is 31.9 Å². The quantitative estimate of drug-likeness (QED) is 0.310. The molecule has 0 radical (unpaired) electrons. The van der Waals surface area contributed by atoms with Gasteiger partial charge in [-0.05, 0) is 105 Å². The number of carbonyl (C=O) groups is 2. The standard InChI is InChI=1S/C34H41ClN2O6S/c1-21-6-4-8-31(43-23(3)38)28-12-9-26(28)18-37-19-34(15-5-7-24-16-27(35)11-13-29(24)34)20-42-32-14-10-25(17-30(32)37)33(39)36-44(40,41)22(21)2/h4,8,10-11,13-14,16-17,21-22,26,28,31H,5-7,9,12,15,18-20H2,1-3H3,(H,36,39)/b8-4-/t21-,22+,26-,28+,31+,34-/m0/s1. The van der Waals surface area contributed by atoms with Gasteiger partial charge in [0, 0.05) is 41.9 Å². The van der Waals surface area contributed by atoms with Crippen LogP contribution in [0.1, 0.15) is 74.4 Å². The van der Waals surface area contributed by atoms with Crippen LogP contribution in [-0.4, -0.2) is 51.3 Å². The molecule has 44 heavy (non-hydrogen) atoms. The van der Waals surface area contributed by atoms with Crippen molar-refractivity contribution in [3.8, 4) is 5.75 Å². The van der Waals surface area contributed by atoms with Crippen molar-refractivity contribution in [3.05, 3.63) is 70.3 Å². The van der Waals surface area contributed by atoms with Crippen LogP contribution in [0.5, 0.6) is 5.75 Å². The van der Waals surface area contributed by atoms with Crippen molar-refractivity contribution < 1.29 is 27.5 Å². The summed E-state index contributed by atoms with van der Waals surface area (Å²) in [6.45, 7) is 6.73. The maximum atomic E-state index is 13.4. The molecule has 2 aromatic carbocycles. The number of allylic oxidation sites excluding steroid dienone is 1. The molecular formula is C34H41ClN2O6S. The summed E-state index contributed by atoms with van der Waals surface area (Å²) in [7, 11) is -3.95. The van der Waals surface area contributed by atoms with Crippen molar-refractivity contribution in [1.82, 2.24) is 4.72 Å². The van der Waals surface area contributed by atoms with Gasteiger partial charge in [0.1, 0.15) is 11.9 Å². The highest BCUT2D eigenvalue weighted by atomic mass is 35.5. The molecule has 2 aliphatic heterocycles. The van der Waals surface area contributed by atoms with E-state index in [9.17, 15) is 18.0 Å². The zero-order valence-corrected chi connectivity index (χ0v) is 27.1. The zero-order valence-electron chi connectivity index (χ0n) is 25.6. The molecule has 6 atom stereocenters. The van der Waals surface area contributed by atoms with E-state index >= 15 is 0 Å². The maximum Gasteiger partial charge on any atom is 0.303 e. The summed E-state index contributed by atoms with van der Waals surface area (Å²) in [5.74, 6) is -0.198. The molecule has 0 aromatic heterocycles. The number of hydrogen-bond donors (Lipinski definition) is 1. The second kappa shape index (κ2) is 12.0. The topological polar surface area (TPSA) is 102 Å². The molecule has 1 spiro atoms. The fraction of sp³-hybridized carbons (Fsp3) is 0.529. The van der Waals surface area contributed by atoms with Crippen LogP contribution in [0.3, 0.4) is 0 Å². The third-order valence-corrected chi connectivity index (χ3v) is 12.5. The Balaban J connectivity index is 1.43. The number of esters is 1. The molecule has 1 saturated carbocycles. The number of halogens is 1. The molecule has 8 nitrogen and oxygen atoms in total. The summed E-state index contributed by atoms with van der Waals surface area (Å²) < 4.78 is 41.2. The van der Waals surface area contributed by atoms with Gasteiger partial charge in [-0.3, -0.25) is 9.59 Å². The summed E-state index contributed by atoms with van der Waals surface area (Å²) >= 11 is 6.40. The van der Waals surface area contributed by atoms with Gasteiger partial charge < -0.3 is 14.4 Å². The van der Waals surface area contributed by atoms with Crippen LogP contribution in [0.2, 0.25) is 5.02 Å². The van der Waals surface area contributed by atoms with Gasteiger partial charge in [-0.25, -0.2) is 13.1 Å². The van der Waals surface area contributed by atoms with Crippen LogP contribution in [0, 0.1) is 17.8 Å². The molecule has 0 saturated heterocycles. The van der Waals surface area contributed by atoms with Gasteiger partial charge >= 0.3 is 5.97 Å². The zero-order chi connectivity index (χ0) is 31.2. The Morgan fingerprint density at radius 1 is 1.16 bits per heavy atom. The monoisotopic (exact) mass is 640 g/mol. The van der Waals surface area contributed by atoms with Crippen molar-refractivity contribution in [3.63, 3.8) is 0 Å². The summed E-state index contributed by atoms with van der Waals surface area (Å²) in [5, 5.41) is -0.0899. The number of aryl methyl sites for hydroxylation is 1. The van der Waals surface area contributed by atoms with Gasteiger partial charge in [0.25, 0.3) is 5.91 Å². The first-order chi connectivity index (χ1) is 21.0. The molecule has 2 heterocycles. The van der Waals surface area contributed by atoms with E-state index in [4.69, 9.17) is 21.1 Å². The minimum Gasteiger partial charge on any atom is -0.490 e. The Kier molecular flexibility index (Phi) is 8.48. The van der Waals surface area contributed by atoms with E-state index in [2.05, 4.69) is 21.8 Å². The summed E-state index contributed by atoms with van der Waals surface area (Å²) in [4.78, 5) is 27.9. The molecule has 236 valence electrons. The largest absolute Gasteiger partial charge is 0.490 e. The molecule has 1 amide bonds. The van der Waals surface area contributed by atoms with Gasteiger partial charge in [0.15, 0.2) is 0 Å². The van der Waals surface area contributed by atoms with Crippen molar-refractivity contribution in [2.45, 2.75) is 76.1 Å². The lowest BCUT2D eigenvalue weighted by Gasteiger charge is -2.46. The Morgan fingerprint density at radius 3 is 2.73 bits per heavy atom. The van der Waals surface area contributed by atoms with E-state index < -0.39 is 27.3 Å². The predicted molar refractivity (Wildman–Crippen MR) is 171 cm³/mol. The molecule has 0 unspecified atom stereocenters. The Hall–Kier alpha value is -3.04. The van der Waals surface area contributed by atoms with Crippen molar-refractivity contribution in [2.75, 3.05) is 24.6 Å². The number of ether oxygens (including phenoxy) is 2. The highest BCUT2D eigenvalue weighted by Gasteiger charge is 2.45. The lowest BCUT2D eigenvalue weighted by molar-refractivity contribution is -0.149. The lowest BCUT2D eigenvalue weighted by Crippen LogP contribution is -2.50. The van der Waals surface area contributed by atoms with Crippen LogP contribution in [0.4, 0.5) is 5.69 Å². The minimum absolute atomic E-state index is 0.131. The van der Waals surface area contributed by atoms with Crippen LogP contribution in [0.15, 0.2) is 48.6 Å². The fourth-order valence-corrected chi connectivity index (χ4v) is 8.94. The molecule has 2 aliphatic carbocycles. The van der Waals surface area contributed by atoms with Crippen LogP contribution in [0.25, 0.3) is 0 Å². The third-order valence-electron chi connectivity index (χ3n) is 10.3. The highest BCUT2D eigenvalue weighted by Crippen LogP contribution is 2.47. The number of amides is 1. The predicted octanol–water partition coefficient (Wildman–Crippen LogP) is 5.82. The minimum atomic E-state index is -3.95. The average molecular weight is 641 g/mol. The SMILES string of the molecule is CC(=O)O[C@@H]1/C=C\C[C@H](C)[C@@H](C)S(=O)(=O)NC(=O)c2ccc3c(c2)N(C[C@@H]2CC[C@H]21)C[C@@]1(CCCc2cc(Cl)ccc21)CO3. The number of anilines is 1. The Bertz CT molecular complexity index is 1590. The first-order valence-electron chi connectivity index (χ1n) is 15.7. The average Bonchev–Trinajstić information content (AvgIpc) is 3.10. The maximum absolute atomic E-state index is 13.4. The Morgan fingerprint density at radius 2 is 1.98 bits per heavy atom. The van der Waals surface area contributed by atoms with E-state index in [1.54, 1.807) is 25.1 Å². The molecule has 1 N–H and O–H groups in total. The highest BCUT2D eigenvalue weighted by molar-refractivity contribution is 7.90. The normalized spacial score (nSPS) is 32.1. The van der Waals surface area contributed by atoms with Gasteiger partial charge in [0.2, 0.25) is 10.0 Å². The lowest BCUT2D eigenvalue weighted by atomic mass is 9.68. The van der Waals surface area contributed by atoms with Gasteiger partial charge in [0.05, 0.1) is 17.5 Å².